The van der Waals surface area contributed by atoms with Gasteiger partial charge in [0.15, 0.2) is 0 Å². The van der Waals surface area contributed by atoms with Crippen molar-refractivity contribution in [1.29, 1.82) is 0 Å². The highest BCUT2D eigenvalue weighted by Gasteiger charge is 2.20. The van der Waals surface area contributed by atoms with Crippen molar-refractivity contribution in [1.82, 2.24) is 0 Å². The Morgan fingerprint density at radius 2 is 0.679 bits per heavy atom. The van der Waals surface area contributed by atoms with Crippen LogP contribution in [0.1, 0.15) is 117 Å². The molecule has 0 aromatic carbocycles. The number of halogens is 4. The largest absolute Gasteiger partial charge is 0.673 e. The molecule has 0 aliphatic heterocycles. The smallest absolute Gasteiger partial charge is 0.418 e. The van der Waals surface area contributed by atoms with Gasteiger partial charge < -0.3 is 21.7 Å². The molecule has 0 spiro atoms. The Kier molecular flexibility index (Phi) is 21.4. The Morgan fingerprint density at radius 1 is 0.464 bits per heavy atom. The minimum absolute atomic E-state index is 1.24. The first-order valence-electron chi connectivity index (χ1n) is 11.8. The predicted octanol–water partition coefficient (Wildman–Crippen LogP) is 8.64. The fraction of sp³-hybridized carbons (Fsp3) is 1.00. The molecule has 0 aliphatic rings. The van der Waals surface area contributed by atoms with Crippen molar-refractivity contribution in [3.8, 4) is 0 Å². The van der Waals surface area contributed by atoms with E-state index in [4.69, 9.17) is 0 Å². The van der Waals surface area contributed by atoms with Crippen molar-refractivity contribution in [2.75, 3.05) is 27.2 Å². The molecule has 0 rings (SSSR count). The molecule has 172 valence electrons. The van der Waals surface area contributed by atoms with Crippen molar-refractivity contribution in [3.05, 3.63) is 0 Å². The summed E-state index contributed by atoms with van der Waals surface area (Å²) < 4.78 is 40.2. The highest BCUT2D eigenvalue weighted by atomic mass is 19.5. The van der Waals surface area contributed by atoms with Gasteiger partial charge in [-0.25, -0.2) is 0 Å². The molecule has 0 bridgehead atoms. The van der Waals surface area contributed by atoms with E-state index in [-0.39, 0.29) is 0 Å². The summed E-state index contributed by atoms with van der Waals surface area (Å²) in [6, 6.07) is 0. The van der Waals surface area contributed by atoms with Gasteiger partial charge in [0.1, 0.15) is 0 Å². The Hall–Kier alpha value is -0.255. The van der Waals surface area contributed by atoms with Crippen LogP contribution < -0.4 is 0 Å². The molecule has 0 amide bonds. The van der Waals surface area contributed by atoms with Gasteiger partial charge in [0, 0.05) is 0 Å². The van der Waals surface area contributed by atoms with E-state index >= 15 is 0 Å². The Balaban J connectivity index is 0. The first-order chi connectivity index (χ1) is 13.1. The summed E-state index contributed by atoms with van der Waals surface area (Å²) in [7, 11) is -1.13. The lowest BCUT2D eigenvalue weighted by Gasteiger charge is -2.30. The van der Waals surface area contributed by atoms with Gasteiger partial charge >= 0.3 is 7.25 Å². The van der Waals surface area contributed by atoms with Crippen LogP contribution >= 0.6 is 0 Å². The molecule has 0 fully saturated rings. The number of nitrogens with zero attached hydrogens (tertiary/aromatic N) is 1. The van der Waals surface area contributed by atoms with Gasteiger partial charge in [-0.3, -0.25) is 0 Å². The maximum Gasteiger partial charge on any atom is 0.673 e. The third-order valence-electron chi connectivity index (χ3n) is 5.23. The molecule has 0 saturated heterocycles. The number of hydrogen-bond acceptors (Lipinski definition) is 0. The zero-order valence-electron chi connectivity index (χ0n) is 19.3. The molecule has 0 atom stereocenters. The van der Waals surface area contributed by atoms with Crippen LogP contribution in [0.5, 0.6) is 0 Å². The van der Waals surface area contributed by atoms with Crippen molar-refractivity contribution in [3.63, 3.8) is 0 Å². The molecule has 0 N–H and O–H groups in total. The van der Waals surface area contributed by atoms with Crippen LogP contribution in [0.3, 0.4) is 0 Å². The van der Waals surface area contributed by atoms with E-state index in [0.717, 1.165) is 0 Å². The van der Waals surface area contributed by atoms with Gasteiger partial charge in [0.05, 0.1) is 27.2 Å². The first kappa shape index (κ1) is 29.9. The van der Waals surface area contributed by atoms with Gasteiger partial charge in [-0.1, -0.05) is 90.9 Å². The molecule has 0 radical (unpaired) electrons. The van der Waals surface area contributed by atoms with Gasteiger partial charge in [-0.05, 0) is 25.7 Å². The van der Waals surface area contributed by atoms with Gasteiger partial charge in [0.2, 0.25) is 0 Å². The fourth-order valence-corrected chi connectivity index (χ4v) is 3.46. The van der Waals surface area contributed by atoms with E-state index in [1.54, 1.807) is 0 Å². The van der Waals surface area contributed by atoms with Crippen molar-refractivity contribution < 1.29 is 21.7 Å². The third-order valence-corrected chi connectivity index (χ3v) is 5.23. The molecule has 0 aromatic heterocycles. The van der Waals surface area contributed by atoms with Gasteiger partial charge in [0.25, 0.3) is 0 Å². The van der Waals surface area contributed by atoms with E-state index in [2.05, 4.69) is 27.9 Å². The highest BCUT2D eigenvalue weighted by molar-refractivity contribution is 6.50. The van der Waals surface area contributed by atoms with Crippen LogP contribution in [0, 0.1) is 0 Å². The van der Waals surface area contributed by atoms with Crippen LogP contribution in [-0.2, 0) is 0 Å². The molecule has 0 saturated carbocycles. The van der Waals surface area contributed by atoms with E-state index in [9.17, 15) is 17.3 Å². The zero-order chi connectivity index (χ0) is 21.7. The summed E-state index contributed by atoms with van der Waals surface area (Å²) >= 11 is 0. The molecule has 28 heavy (non-hydrogen) atoms. The van der Waals surface area contributed by atoms with E-state index in [1.807, 2.05) is 0 Å². The quantitative estimate of drug-likeness (QED) is 0.0913. The Bertz CT molecular complexity index is 281. The second-order valence-corrected chi connectivity index (χ2v) is 8.83. The molecule has 6 heteroatoms. The zero-order valence-corrected chi connectivity index (χ0v) is 19.3. The normalized spacial score (nSPS) is 12.0. The van der Waals surface area contributed by atoms with Crippen LogP contribution in [0.25, 0.3) is 0 Å². The van der Waals surface area contributed by atoms with Gasteiger partial charge in [-0.15, -0.1) is 0 Å². The lowest BCUT2D eigenvalue weighted by molar-refractivity contribution is -0.890. The standard InChI is InChI=1S/C22H48N.BF4/c1-5-7-9-11-13-15-17-19-21-23(3,4)22-20-18-16-14-12-10-8-6-2;2-1(3,4)5/h5-22H2,1-4H3;/q+1;-1. The number of unbranched alkanes of at least 4 members (excludes halogenated alkanes) is 14. The van der Waals surface area contributed by atoms with Crippen LogP contribution in [-0.4, -0.2) is 38.9 Å². The molecule has 0 heterocycles. The summed E-state index contributed by atoms with van der Waals surface area (Å²) in [5.41, 5.74) is 0. The van der Waals surface area contributed by atoms with Crippen molar-refractivity contribution in [2.24, 2.45) is 0 Å². The molecular formula is C22H48BF4N. The predicted molar refractivity (Wildman–Crippen MR) is 117 cm³/mol. The summed E-state index contributed by atoms with van der Waals surface area (Å²) in [5.74, 6) is 0. The van der Waals surface area contributed by atoms with E-state index in [0.29, 0.717) is 0 Å². The van der Waals surface area contributed by atoms with Crippen LogP contribution in [0.2, 0.25) is 0 Å². The molecule has 0 aliphatic carbocycles. The maximum atomic E-state index is 9.75. The molecule has 0 aromatic rings. The molecule has 0 unspecified atom stereocenters. The average Bonchev–Trinajstić information content (AvgIpc) is 2.58. The van der Waals surface area contributed by atoms with Crippen molar-refractivity contribution in [2.45, 2.75) is 117 Å². The SMILES string of the molecule is CCCCCCCCCC[N+](C)(C)CCCCCCCCCC.F[B-](F)(F)F. The average molecular weight is 413 g/mol. The minimum atomic E-state index is -6.00. The number of hydrogen-bond donors (Lipinski definition) is 0. The highest BCUT2D eigenvalue weighted by Crippen LogP contribution is 2.13. The van der Waals surface area contributed by atoms with Gasteiger partial charge in [-0.2, -0.15) is 0 Å². The first-order valence-corrected chi connectivity index (χ1v) is 11.8. The Morgan fingerprint density at radius 3 is 0.929 bits per heavy atom. The van der Waals surface area contributed by atoms with Crippen LogP contribution in [0.15, 0.2) is 0 Å². The molecular weight excluding hydrogens is 365 g/mol. The lowest BCUT2D eigenvalue weighted by Crippen LogP contribution is -2.41. The third kappa shape index (κ3) is 33.3. The van der Waals surface area contributed by atoms with Crippen LogP contribution in [0.4, 0.5) is 17.3 Å². The summed E-state index contributed by atoms with van der Waals surface area (Å²) in [5, 5.41) is 0. The summed E-state index contributed by atoms with van der Waals surface area (Å²) in [6.45, 7) is 7.36. The second-order valence-electron chi connectivity index (χ2n) is 8.83. The number of rotatable bonds is 18. The number of quaternary nitrogens is 1. The van der Waals surface area contributed by atoms with E-state index < -0.39 is 7.25 Å². The summed E-state index contributed by atoms with van der Waals surface area (Å²) in [6.07, 6.45) is 23.0. The van der Waals surface area contributed by atoms with E-state index in [1.165, 1.54) is 120 Å². The lowest BCUT2D eigenvalue weighted by atomic mass is 10.1. The van der Waals surface area contributed by atoms with Crippen molar-refractivity contribution >= 4 is 7.25 Å². The fourth-order valence-electron chi connectivity index (χ4n) is 3.46. The maximum absolute atomic E-state index is 9.75. The monoisotopic (exact) mass is 413 g/mol. The second kappa shape index (κ2) is 20.0. The topological polar surface area (TPSA) is 0 Å². The minimum Gasteiger partial charge on any atom is -0.418 e. The summed E-state index contributed by atoms with van der Waals surface area (Å²) in [4.78, 5) is 0. The Labute approximate surface area is 173 Å². The molecule has 1 nitrogen and oxygen atoms in total.